The molecule has 1 fully saturated rings. The summed E-state index contributed by atoms with van der Waals surface area (Å²) in [4.78, 5) is 2.25. The van der Waals surface area contributed by atoms with Crippen LogP contribution in [0.5, 0.6) is 11.5 Å². The summed E-state index contributed by atoms with van der Waals surface area (Å²) in [5.74, 6) is 0.234. The van der Waals surface area contributed by atoms with E-state index in [4.69, 9.17) is 4.74 Å². The number of phenolic OH excluding ortho intramolecular Hbond substituents is 2. The van der Waals surface area contributed by atoms with Crippen LogP contribution in [-0.4, -0.2) is 54.5 Å². The quantitative estimate of drug-likeness (QED) is 0.729. The third-order valence-corrected chi connectivity index (χ3v) is 3.12. The van der Waals surface area contributed by atoms with Gasteiger partial charge in [-0.05, 0) is 13.1 Å². The van der Waals surface area contributed by atoms with Crippen molar-refractivity contribution >= 4 is 0 Å². The molecule has 0 aromatic heterocycles. The molecule has 0 saturated carbocycles. The maximum absolute atomic E-state index is 9.76. The maximum atomic E-state index is 9.76. The molecule has 1 saturated heterocycles. The smallest absolute Gasteiger partial charge is 0.123 e. The molecule has 1 aliphatic rings. The molecule has 100 valence electrons. The van der Waals surface area contributed by atoms with E-state index in [-0.39, 0.29) is 17.6 Å². The number of morpholine rings is 1. The molecular weight excluding hydrogens is 232 g/mol. The van der Waals surface area contributed by atoms with Gasteiger partial charge in [-0.1, -0.05) is 6.07 Å². The van der Waals surface area contributed by atoms with Crippen LogP contribution in [0, 0.1) is 0 Å². The number of hydrogen-bond donors (Lipinski definition) is 3. The van der Waals surface area contributed by atoms with Crippen molar-refractivity contribution in [3.8, 4) is 11.5 Å². The molecule has 0 amide bonds. The second kappa shape index (κ2) is 6.04. The zero-order chi connectivity index (χ0) is 13.0. The second-order valence-corrected chi connectivity index (χ2v) is 4.60. The molecule has 1 unspecified atom stereocenters. The van der Waals surface area contributed by atoms with Crippen molar-refractivity contribution in [2.75, 3.05) is 33.3 Å². The first-order valence-electron chi connectivity index (χ1n) is 6.18. The van der Waals surface area contributed by atoms with Crippen LogP contribution in [0.1, 0.15) is 5.56 Å². The van der Waals surface area contributed by atoms with Crippen molar-refractivity contribution in [2.45, 2.75) is 12.6 Å². The van der Waals surface area contributed by atoms with Crippen LogP contribution < -0.4 is 5.32 Å². The number of likely N-dealkylation sites (N-methyl/N-ethyl adjacent to an activating group) is 1. The predicted octanol–water partition coefficient (Wildman–Crippen LogP) is 0.518. The van der Waals surface area contributed by atoms with Gasteiger partial charge in [-0.15, -0.1) is 0 Å². The molecular formula is C13H20N2O3. The fourth-order valence-electron chi connectivity index (χ4n) is 2.20. The lowest BCUT2D eigenvalue weighted by molar-refractivity contribution is -0.0293. The Morgan fingerprint density at radius 1 is 1.44 bits per heavy atom. The van der Waals surface area contributed by atoms with Crippen LogP contribution in [0.2, 0.25) is 0 Å². The number of phenols is 2. The topological polar surface area (TPSA) is 65.0 Å². The van der Waals surface area contributed by atoms with Gasteiger partial charge in [0.05, 0.1) is 12.7 Å². The van der Waals surface area contributed by atoms with E-state index in [1.54, 1.807) is 12.1 Å². The highest BCUT2D eigenvalue weighted by molar-refractivity contribution is 5.38. The standard InChI is InChI=1S/C13H20N2O3/c1-14-7-12-9-15(4-5-18-12)8-10-2-3-11(16)6-13(10)17/h2-3,6,12,14,16-17H,4-5,7-9H2,1H3. The number of rotatable bonds is 4. The number of nitrogens with one attached hydrogen (secondary N) is 1. The molecule has 1 heterocycles. The summed E-state index contributed by atoms with van der Waals surface area (Å²) in [5, 5.41) is 22.1. The van der Waals surface area contributed by atoms with Gasteiger partial charge in [0.1, 0.15) is 11.5 Å². The molecule has 5 nitrogen and oxygen atoms in total. The van der Waals surface area contributed by atoms with E-state index >= 15 is 0 Å². The van der Waals surface area contributed by atoms with Crippen LogP contribution >= 0.6 is 0 Å². The van der Waals surface area contributed by atoms with E-state index in [1.165, 1.54) is 6.07 Å². The molecule has 1 atom stereocenters. The molecule has 1 aliphatic heterocycles. The Hall–Kier alpha value is -1.30. The van der Waals surface area contributed by atoms with Crippen molar-refractivity contribution in [1.82, 2.24) is 10.2 Å². The van der Waals surface area contributed by atoms with Gasteiger partial charge in [-0.3, -0.25) is 4.90 Å². The average Bonchev–Trinajstić information content (AvgIpc) is 2.34. The van der Waals surface area contributed by atoms with E-state index in [9.17, 15) is 10.2 Å². The van der Waals surface area contributed by atoms with Crippen molar-refractivity contribution < 1.29 is 14.9 Å². The summed E-state index contributed by atoms with van der Waals surface area (Å²) in [6, 6.07) is 4.73. The minimum absolute atomic E-state index is 0.0892. The Kier molecular flexibility index (Phi) is 4.41. The number of aromatic hydroxyl groups is 2. The molecule has 3 N–H and O–H groups in total. The summed E-state index contributed by atoms with van der Waals surface area (Å²) in [6.45, 7) is 3.93. The van der Waals surface area contributed by atoms with Gasteiger partial charge in [0.15, 0.2) is 0 Å². The first-order valence-corrected chi connectivity index (χ1v) is 6.18. The highest BCUT2D eigenvalue weighted by Gasteiger charge is 2.20. The molecule has 2 rings (SSSR count). The zero-order valence-corrected chi connectivity index (χ0v) is 10.6. The monoisotopic (exact) mass is 252 g/mol. The maximum Gasteiger partial charge on any atom is 0.123 e. The van der Waals surface area contributed by atoms with Crippen molar-refractivity contribution in [3.05, 3.63) is 23.8 Å². The predicted molar refractivity (Wildman–Crippen MR) is 68.7 cm³/mol. The van der Waals surface area contributed by atoms with Crippen LogP contribution in [0.4, 0.5) is 0 Å². The summed E-state index contributed by atoms with van der Waals surface area (Å²) in [6.07, 6.45) is 0.197. The molecule has 5 heteroatoms. The molecule has 0 radical (unpaired) electrons. The van der Waals surface area contributed by atoms with Crippen LogP contribution in [-0.2, 0) is 11.3 Å². The lowest BCUT2D eigenvalue weighted by atomic mass is 10.1. The summed E-state index contributed by atoms with van der Waals surface area (Å²) in [7, 11) is 1.91. The number of hydrogen-bond acceptors (Lipinski definition) is 5. The number of nitrogens with zero attached hydrogens (tertiary/aromatic N) is 1. The first-order chi connectivity index (χ1) is 8.69. The van der Waals surface area contributed by atoms with Crippen molar-refractivity contribution in [2.24, 2.45) is 0 Å². The van der Waals surface area contributed by atoms with Crippen LogP contribution in [0.25, 0.3) is 0 Å². The Morgan fingerprint density at radius 2 is 2.28 bits per heavy atom. The number of ether oxygens (including phenoxy) is 1. The van der Waals surface area contributed by atoms with E-state index in [0.29, 0.717) is 13.2 Å². The van der Waals surface area contributed by atoms with E-state index in [0.717, 1.165) is 25.2 Å². The fraction of sp³-hybridized carbons (Fsp3) is 0.538. The first kappa shape index (κ1) is 13.1. The average molecular weight is 252 g/mol. The Balaban J connectivity index is 1.96. The Bertz CT molecular complexity index is 396. The summed E-state index contributed by atoms with van der Waals surface area (Å²) >= 11 is 0. The van der Waals surface area contributed by atoms with E-state index in [1.807, 2.05) is 7.05 Å². The second-order valence-electron chi connectivity index (χ2n) is 4.60. The Morgan fingerprint density at radius 3 is 3.00 bits per heavy atom. The molecule has 0 aliphatic carbocycles. The third kappa shape index (κ3) is 3.35. The molecule has 0 spiro atoms. The van der Waals surface area contributed by atoms with E-state index in [2.05, 4.69) is 10.2 Å². The van der Waals surface area contributed by atoms with Crippen molar-refractivity contribution in [1.29, 1.82) is 0 Å². The van der Waals surface area contributed by atoms with E-state index < -0.39 is 0 Å². The van der Waals surface area contributed by atoms with Gasteiger partial charge >= 0.3 is 0 Å². The SMILES string of the molecule is CNCC1CN(Cc2ccc(O)cc2O)CCO1. The largest absolute Gasteiger partial charge is 0.508 e. The fourth-order valence-corrected chi connectivity index (χ4v) is 2.20. The molecule has 0 bridgehead atoms. The molecule has 1 aromatic carbocycles. The zero-order valence-electron chi connectivity index (χ0n) is 10.6. The minimum atomic E-state index is 0.0892. The van der Waals surface area contributed by atoms with Gasteiger partial charge in [0.2, 0.25) is 0 Å². The van der Waals surface area contributed by atoms with Gasteiger partial charge in [0, 0.05) is 37.8 Å². The minimum Gasteiger partial charge on any atom is -0.508 e. The van der Waals surface area contributed by atoms with Gasteiger partial charge in [-0.2, -0.15) is 0 Å². The molecule has 18 heavy (non-hydrogen) atoms. The highest BCUT2D eigenvalue weighted by Crippen LogP contribution is 2.24. The number of benzene rings is 1. The van der Waals surface area contributed by atoms with Crippen LogP contribution in [0.15, 0.2) is 18.2 Å². The summed E-state index contributed by atoms with van der Waals surface area (Å²) < 4.78 is 5.63. The van der Waals surface area contributed by atoms with Crippen molar-refractivity contribution in [3.63, 3.8) is 0 Å². The summed E-state index contributed by atoms with van der Waals surface area (Å²) in [5.41, 5.74) is 0.831. The third-order valence-electron chi connectivity index (χ3n) is 3.12. The lowest BCUT2D eigenvalue weighted by Gasteiger charge is -2.33. The lowest BCUT2D eigenvalue weighted by Crippen LogP contribution is -2.45. The van der Waals surface area contributed by atoms with Gasteiger partial charge in [0.25, 0.3) is 0 Å². The van der Waals surface area contributed by atoms with Gasteiger partial charge in [-0.25, -0.2) is 0 Å². The highest BCUT2D eigenvalue weighted by atomic mass is 16.5. The van der Waals surface area contributed by atoms with Crippen LogP contribution in [0.3, 0.4) is 0 Å². The molecule has 1 aromatic rings. The van der Waals surface area contributed by atoms with Gasteiger partial charge < -0.3 is 20.3 Å². The normalized spacial score (nSPS) is 21.1. The Labute approximate surface area is 107 Å².